The van der Waals surface area contributed by atoms with Crippen LogP contribution >= 0.6 is 0 Å². The third kappa shape index (κ3) is 1.47. The van der Waals surface area contributed by atoms with Crippen molar-refractivity contribution >= 4 is 0 Å². The molecular formula is C9H15N3O. The van der Waals surface area contributed by atoms with Gasteiger partial charge in [-0.1, -0.05) is 0 Å². The number of hydrogen-bond acceptors (Lipinski definition) is 3. The molecular weight excluding hydrogens is 166 g/mol. The molecule has 0 bridgehead atoms. The number of nitrogens with zero attached hydrogens (tertiary/aromatic N) is 2. The average molecular weight is 181 g/mol. The summed E-state index contributed by atoms with van der Waals surface area (Å²) >= 11 is 0. The highest BCUT2D eigenvalue weighted by Gasteiger charge is 2.35. The van der Waals surface area contributed by atoms with Crippen molar-refractivity contribution in [3.05, 3.63) is 17.5 Å². The molecule has 0 aromatic carbocycles. The molecule has 1 aliphatic rings. The van der Waals surface area contributed by atoms with Crippen LogP contribution in [0.2, 0.25) is 0 Å². The van der Waals surface area contributed by atoms with Crippen LogP contribution in [0.3, 0.4) is 0 Å². The van der Waals surface area contributed by atoms with Crippen molar-refractivity contribution in [2.45, 2.75) is 18.9 Å². The molecule has 2 N–H and O–H groups in total. The monoisotopic (exact) mass is 181 g/mol. The lowest BCUT2D eigenvalue weighted by Crippen LogP contribution is -2.60. The number of β-amino-alcohol motifs (C(OH)–C–C–N with tert-alkyl or cyclic N) is 1. The highest BCUT2D eigenvalue weighted by atomic mass is 16.3. The van der Waals surface area contributed by atoms with Gasteiger partial charge in [-0.15, -0.1) is 0 Å². The largest absolute Gasteiger partial charge is 0.387 e. The molecule has 1 aromatic heterocycles. The standard InChI is InChI=1S/C9H15N3O/c1-7-4-11-12(2)8(7)3-9(13)5-10-6-9/h4,10,13H,3,5-6H2,1-2H3. The van der Waals surface area contributed by atoms with Crippen molar-refractivity contribution in [3.63, 3.8) is 0 Å². The van der Waals surface area contributed by atoms with Crippen molar-refractivity contribution in [2.24, 2.45) is 7.05 Å². The van der Waals surface area contributed by atoms with Crippen molar-refractivity contribution in [3.8, 4) is 0 Å². The molecule has 0 aliphatic carbocycles. The lowest BCUT2D eigenvalue weighted by molar-refractivity contribution is -0.0106. The van der Waals surface area contributed by atoms with Gasteiger partial charge < -0.3 is 10.4 Å². The second-order valence-corrected chi connectivity index (χ2v) is 3.90. The summed E-state index contributed by atoms with van der Waals surface area (Å²) in [6, 6.07) is 0. The second kappa shape index (κ2) is 2.82. The number of nitrogens with one attached hydrogen (secondary N) is 1. The molecule has 0 radical (unpaired) electrons. The van der Waals surface area contributed by atoms with Gasteiger partial charge in [0.05, 0.1) is 11.8 Å². The minimum absolute atomic E-state index is 0.543. The summed E-state index contributed by atoms with van der Waals surface area (Å²) in [6.45, 7) is 3.41. The Labute approximate surface area is 77.6 Å². The molecule has 4 nitrogen and oxygen atoms in total. The second-order valence-electron chi connectivity index (χ2n) is 3.90. The molecule has 0 amide bonds. The van der Waals surface area contributed by atoms with Crippen LogP contribution in [0.25, 0.3) is 0 Å². The molecule has 13 heavy (non-hydrogen) atoms. The van der Waals surface area contributed by atoms with Crippen LogP contribution in [-0.4, -0.2) is 33.6 Å². The molecule has 0 saturated carbocycles. The third-order valence-corrected chi connectivity index (χ3v) is 2.68. The molecule has 1 fully saturated rings. The molecule has 72 valence electrons. The van der Waals surface area contributed by atoms with E-state index in [0.717, 1.165) is 11.3 Å². The van der Waals surface area contributed by atoms with Crippen LogP contribution in [0, 0.1) is 6.92 Å². The summed E-state index contributed by atoms with van der Waals surface area (Å²) in [7, 11) is 1.91. The van der Waals surface area contributed by atoms with E-state index in [2.05, 4.69) is 10.4 Å². The Hall–Kier alpha value is -0.870. The van der Waals surface area contributed by atoms with E-state index in [4.69, 9.17) is 0 Å². The average Bonchev–Trinajstić information content (AvgIpc) is 2.33. The van der Waals surface area contributed by atoms with Crippen LogP contribution in [0.15, 0.2) is 6.20 Å². The number of aryl methyl sites for hydroxylation is 2. The van der Waals surface area contributed by atoms with E-state index in [1.54, 1.807) is 0 Å². The Bertz CT molecular complexity index is 295. The van der Waals surface area contributed by atoms with E-state index in [0.29, 0.717) is 19.5 Å². The predicted molar refractivity (Wildman–Crippen MR) is 49.5 cm³/mol. The van der Waals surface area contributed by atoms with Gasteiger partial charge in [0.15, 0.2) is 0 Å². The Kier molecular flexibility index (Phi) is 1.89. The topological polar surface area (TPSA) is 50.1 Å². The first-order chi connectivity index (χ1) is 6.11. The van der Waals surface area contributed by atoms with Gasteiger partial charge in [0.25, 0.3) is 0 Å². The molecule has 2 heterocycles. The molecule has 0 unspecified atom stereocenters. The zero-order valence-electron chi connectivity index (χ0n) is 8.04. The predicted octanol–water partition coefficient (Wildman–Crippen LogP) is -0.395. The minimum atomic E-state index is -0.543. The first kappa shape index (κ1) is 8.72. The molecule has 1 aliphatic heterocycles. The van der Waals surface area contributed by atoms with Crippen LogP contribution in [0.4, 0.5) is 0 Å². The third-order valence-electron chi connectivity index (χ3n) is 2.68. The van der Waals surface area contributed by atoms with Crippen molar-refractivity contribution in [1.29, 1.82) is 0 Å². The van der Waals surface area contributed by atoms with Gasteiger partial charge in [-0.3, -0.25) is 4.68 Å². The van der Waals surface area contributed by atoms with E-state index in [-0.39, 0.29) is 0 Å². The van der Waals surface area contributed by atoms with Crippen LogP contribution in [0.1, 0.15) is 11.3 Å². The van der Waals surface area contributed by atoms with E-state index >= 15 is 0 Å². The van der Waals surface area contributed by atoms with Gasteiger partial charge in [-0.25, -0.2) is 0 Å². The number of aliphatic hydroxyl groups is 1. The summed E-state index contributed by atoms with van der Waals surface area (Å²) in [5.41, 5.74) is 1.74. The minimum Gasteiger partial charge on any atom is -0.387 e. The highest BCUT2D eigenvalue weighted by Crippen LogP contribution is 2.19. The fourth-order valence-corrected chi connectivity index (χ4v) is 1.68. The maximum atomic E-state index is 9.93. The highest BCUT2D eigenvalue weighted by molar-refractivity contribution is 5.19. The van der Waals surface area contributed by atoms with Gasteiger partial charge in [-0.05, 0) is 12.5 Å². The van der Waals surface area contributed by atoms with E-state index in [1.807, 2.05) is 24.9 Å². The SMILES string of the molecule is Cc1cnn(C)c1CC1(O)CNC1. The molecule has 4 heteroatoms. The first-order valence-corrected chi connectivity index (χ1v) is 4.51. The summed E-state index contributed by atoms with van der Waals surface area (Å²) in [5, 5.41) is 17.1. The maximum absolute atomic E-state index is 9.93. The lowest BCUT2D eigenvalue weighted by atomic mass is 9.90. The Morgan fingerprint density at radius 1 is 1.69 bits per heavy atom. The normalized spacial score (nSPS) is 19.9. The lowest BCUT2D eigenvalue weighted by Gasteiger charge is -2.37. The van der Waals surface area contributed by atoms with Gasteiger partial charge in [0.2, 0.25) is 0 Å². The zero-order chi connectivity index (χ0) is 9.47. The molecule has 1 saturated heterocycles. The van der Waals surface area contributed by atoms with Crippen LogP contribution in [0.5, 0.6) is 0 Å². The summed E-state index contributed by atoms with van der Waals surface area (Å²) < 4.78 is 1.84. The fourth-order valence-electron chi connectivity index (χ4n) is 1.68. The van der Waals surface area contributed by atoms with Crippen molar-refractivity contribution in [1.82, 2.24) is 15.1 Å². The number of hydrogen-bond donors (Lipinski definition) is 2. The number of rotatable bonds is 2. The molecule has 2 rings (SSSR count). The first-order valence-electron chi connectivity index (χ1n) is 4.51. The smallest absolute Gasteiger partial charge is 0.0950 e. The summed E-state index contributed by atoms with van der Waals surface area (Å²) in [6.07, 6.45) is 2.53. The summed E-state index contributed by atoms with van der Waals surface area (Å²) in [4.78, 5) is 0. The van der Waals surface area contributed by atoms with E-state index in [9.17, 15) is 5.11 Å². The molecule has 0 spiro atoms. The van der Waals surface area contributed by atoms with Gasteiger partial charge >= 0.3 is 0 Å². The van der Waals surface area contributed by atoms with Crippen LogP contribution in [-0.2, 0) is 13.5 Å². The fraction of sp³-hybridized carbons (Fsp3) is 0.667. The van der Waals surface area contributed by atoms with Crippen molar-refractivity contribution < 1.29 is 5.11 Å². The Morgan fingerprint density at radius 2 is 2.38 bits per heavy atom. The molecule has 1 aromatic rings. The van der Waals surface area contributed by atoms with Gasteiger partial charge in [0, 0.05) is 32.3 Å². The molecule has 0 atom stereocenters. The Morgan fingerprint density at radius 3 is 2.77 bits per heavy atom. The van der Waals surface area contributed by atoms with E-state index in [1.165, 1.54) is 0 Å². The zero-order valence-corrected chi connectivity index (χ0v) is 8.04. The van der Waals surface area contributed by atoms with Gasteiger partial charge in [-0.2, -0.15) is 5.10 Å². The quantitative estimate of drug-likeness (QED) is 0.653. The maximum Gasteiger partial charge on any atom is 0.0950 e. The summed E-state index contributed by atoms with van der Waals surface area (Å²) in [5.74, 6) is 0. The van der Waals surface area contributed by atoms with Gasteiger partial charge in [0.1, 0.15) is 0 Å². The number of aromatic nitrogens is 2. The van der Waals surface area contributed by atoms with E-state index < -0.39 is 5.60 Å². The van der Waals surface area contributed by atoms with Crippen LogP contribution < -0.4 is 5.32 Å². The van der Waals surface area contributed by atoms with Crippen molar-refractivity contribution in [2.75, 3.05) is 13.1 Å². The Balaban J connectivity index is 2.17.